The molecule has 0 unspecified atom stereocenters. The van der Waals surface area contributed by atoms with E-state index in [1.165, 1.54) is 12.1 Å². The van der Waals surface area contributed by atoms with Gasteiger partial charge in [-0.25, -0.2) is 10.3 Å². The first kappa shape index (κ1) is 21.3. The third kappa shape index (κ3) is 3.85. The molecule has 32 heavy (non-hydrogen) atoms. The van der Waals surface area contributed by atoms with Crippen LogP contribution in [0.15, 0.2) is 48.7 Å². The number of aromatic amines is 1. The maximum atomic E-state index is 12.7. The van der Waals surface area contributed by atoms with Crippen molar-refractivity contribution >= 4 is 34.6 Å². The third-order valence-corrected chi connectivity index (χ3v) is 5.66. The molecule has 4 rings (SSSR count). The van der Waals surface area contributed by atoms with Crippen LogP contribution in [0.3, 0.4) is 0 Å². The van der Waals surface area contributed by atoms with Crippen LogP contribution in [0.4, 0.5) is 0 Å². The molecule has 164 valence electrons. The highest BCUT2D eigenvalue weighted by atomic mass is 16.5. The quantitative estimate of drug-likeness (QED) is 0.243. The molecule has 0 radical (unpaired) electrons. The molecule has 2 aromatic carbocycles. The lowest BCUT2D eigenvalue weighted by atomic mass is 10.0. The fourth-order valence-electron chi connectivity index (χ4n) is 4.06. The van der Waals surface area contributed by atoms with Crippen LogP contribution in [0.2, 0.25) is 0 Å². The van der Waals surface area contributed by atoms with E-state index in [0.717, 1.165) is 21.4 Å². The zero-order valence-corrected chi connectivity index (χ0v) is 17.0. The number of aromatic nitrogens is 1. The van der Waals surface area contributed by atoms with Crippen LogP contribution >= 0.6 is 0 Å². The van der Waals surface area contributed by atoms with Crippen molar-refractivity contribution in [1.82, 2.24) is 15.4 Å². The molecule has 0 saturated carbocycles. The standard InChI is InChI=1S/C23H21N3O6/c27-20(25-32)7-3-4-13-8-9-15-14(12-24-18(15)10-13)11-19(23(30)31)26-21(28)16-5-1-2-6-17(16)22(26)29/h1-2,5-6,8-10,12,19,24,32H,3-4,7,11H2,(H,25,27)(H,30,31)/t19-/m0/s1. The SMILES string of the molecule is O=C(CCCc1ccc2c(C[C@@H](C(=O)O)N3C(=O)c4ccccc4C3=O)c[nH]c2c1)NO. The monoisotopic (exact) mass is 435 g/mol. The highest BCUT2D eigenvalue weighted by molar-refractivity contribution is 6.22. The van der Waals surface area contributed by atoms with Gasteiger partial charge in [-0.2, -0.15) is 0 Å². The highest BCUT2D eigenvalue weighted by Crippen LogP contribution is 2.28. The van der Waals surface area contributed by atoms with Gasteiger partial charge in [0.2, 0.25) is 5.91 Å². The van der Waals surface area contributed by atoms with Gasteiger partial charge in [0.25, 0.3) is 11.8 Å². The van der Waals surface area contributed by atoms with Crippen molar-refractivity contribution in [1.29, 1.82) is 0 Å². The fraction of sp³-hybridized carbons (Fsp3) is 0.217. The minimum absolute atomic E-state index is 0.0309. The fourth-order valence-corrected chi connectivity index (χ4v) is 4.06. The Kier molecular flexibility index (Phi) is 5.74. The highest BCUT2D eigenvalue weighted by Gasteiger charge is 2.42. The van der Waals surface area contributed by atoms with E-state index in [0.29, 0.717) is 18.4 Å². The average molecular weight is 435 g/mol. The molecule has 1 aliphatic heterocycles. The summed E-state index contributed by atoms with van der Waals surface area (Å²) in [4.78, 5) is 52.6. The third-order valence-electron chi connectivity index (χ3n) is 5.66. The number of carboxylic acid groups (broad SMARTS) is 1. The van der Waals surface area contributed by atoms with Gasteiger partial charge in [-0.3, -0.25) is 24.5 Å². The number of fused-ring (bicyclic) bond motifs is 2. The molecule has 0 aliphatic carbocycles. The lowest BCUT2D eigenvalue weighted by molar-refractivity contribution is -0.141. The molecule has 1 atom stereocenters. The number of rotatable bonds is 8. The smallest absolute Gasteiger partial charge is 0.327 e. The molecule has 0 bridgehead atoms. The maximum absolute atomic E-state index is 12.7. The van der Waals surface area contributed by atoms with Gasteiger partial charge >= 0.3 is 5.97 Å². The van der Waals surface area contributed by atoms with E-state index in [4.69, 9.17) is 5.21 Å². The van der Waals surface area contributed by atoms with Crippen molar-refractivity contribution in [2.24, 2.45) is 0 Å². The molecular formula is C23H21N3O6. The summed E-state index contributed by atoms with van der Waals surface area (Å²) in [5.41, 5.74) is 4.46. The number of nitrogens with zero attached hydrogens (tertiary/aromatic N) is 1. The predicted molar refractivity (Wildman–Crippen MR) is 113 cm³/mol. The van der Waals surface area contributed by atoms with Gasteiger partial charge < -0.3 is 10.1 Å². The van der Waals surface area contributed by atoms with Crippen LogP contribution in [0.5, 0.6) is 0 Å². The number of imide groups is 1. The first-order chi connectivity index (χ1) is 15.4. The summed E-state index contributed by atoms with van der Waals surface area (Å²) in [5.74, 6) is -2.91. The first-order valence-corrected chi connectivity index (χ1v) is 10.1. The molecule has 0 saturated heterocycles. The van der Waals surface area contributed by atoms with Crippen molar-refractivity contribution in [3.05, 3.63) is 70.9 Å². The second-order valence-electron chi connectivity index (χ2n) is 7.67. The summed E-state index contributed by atoms with van der Waals surface area (Å²) < 4.78 is 0. The molecular weight excluding hydrogens is 414 g/mol. The van der Waals surface area contributed by atoms with Crippen molar-refractivity contribution in [3.8, 4) is 0 Å². The molecule has 1 aliphatic rings. The van der Waals surface area contributed by atoms with Gasteiger partial charge in [0, 0.05) is 29.9 Å². The lowest BCUT2D eigenvalue weighted by Gasteiger charge is -2.22. The number of hydrogen-bond acceptors (Lipinski definition) is 5. The molecule has 3 aromatic rings. The predicted octanol–water partition coefficient (Wildman–Crippen LogP) is 2.29. The Bertz CT molecular complexity index is 1200. The molecule has 1 aromatic heterocycles. The van der Waals surface area contributed by atoms with Gasteiger partial charge in [-0.15, -0.1) is 0 Å². The van der Waals surface area contributed by atoms with Gasteiger partial charge in [0.1, 0.15) is 6.04 Å². The zero-order valence-electron chi connectivity index (χ0n) is 17.0. The number of benzene rings is 2. The number of carboxylic acids is 1. The van der Waals surface area contributed by atoms with Crippen molar-refractivity contribution in [2.75, 3.05) is 0 Å². The Labute approximate surface area is 182 Å². The second-order valence-corrected chi connectivity index (χ2v) is 7.67. The minimum Gasteiger partial charge on any atom is -0.480 e. The van der Waals surface area contributed by atoms with Gasteiger partial charge in [-0.1, -0.05) is 24.3 Å². The number of amides is 3. The largest absolute Gasteiger partial charge is 0.480 e. The number of aryl methyl sites for hydroxylation is 1. The zero-order chi connectivity index (χ0) is 22.8. The van der Waals surface area contributed by atoms with E-state index < -0.39 is 29.7 Å². The molecule has 9 heteroatoms. The summed E-state index contributed by atoms with van der Waals surface area (Å²) in [5, 5.41) is 19.2. The Morgan fingerprint density at radius 3 is 2.38 bits per heavy atom. The van der Waals surface area contributed by atoms with E-state index >= 15 is 0 Å². The normalized spacial score (nSPS) is 14.0. The molecule has 9 nitrogen and oxygen atoms in total. The Morgan fingerprint density at radius 2 is 1.75 bits per heavy atom. The number of hydrogen-bond donors (Lipinski definition) is 4. The summed E-state index contributed by atoms with van der Waals surface area (Å²) >= 11 is 0. The molecule has 0 spiro atoms. The Hall–Kier alpha value is -3.98. The Balaban J connectivity index is 1.55. The van der Waals surface area contributed by atoms with Crippen LogP contribution in [0, 0.1) is 0 Å². The minimum atomic E-state index is -1.34. The van der Waals surface area contributed by atoms with Crippen LogP contribution in [0.25, 0.3) is 10.9 Å². The molecule has 4 N–H and O–H groups in total. The summed E-state index contributed by atoms with van der Waals surface area (Å²) in [6, 6.07) is 10.6. The van der Waals surface area contributed by atoms with Crippen molar-refractivity contribution in [3.63, 3.8) is 0 Å². The second kappa shape index (κ2) is 8.64. The molecule has 3 amide bonds. The lowest BCUT2D eigenvalue weighted by Crippen LogP contribution is -2.46. The Morgan fingerprint density at radius 1 is 1.06 bits per heavy atom. The van der Waals surface area contributed by atoms with Crippen LogP contribution in [-0.4, -0.2) is 49.9 Å². The van der Waals surface area contributed by atoms with E-state index in [2.05, 4.69) is 4.98 Å². The van der Waals surface area contributed by atoms with Crippen LogP contribution < -0.4 is 5.48 Å². The summed E-state index contributed by atoms with van der Waals surface area (Å²) in [6.45, 7) is 0. The number of aliphatic carboxylic acids is 1. The van der Waals surface area contributed by atoms with Crippen LogP contribution in [0.1, 0.15) is 44.7 Å². The number of nitrogens with one attached hydrogen (secondary N) is 2. The number of carbonyl (C=O) groups excluding carboxylic acids is 3. The van der Waals surface area contributed by atoms with Gasteiger partial charge in [0.15, 0.2) is 0 Å². The van der Waals surface area contributed by atoms with E-state index in [-0.39, 0.29) is 24.0 Å². The van der Waals surface area contributed by atoms with Gasteiger partial charge in [-0.05, 0) is 42.2 Å². The average Bonchev–Trinajstić information content (AvgIpc) is 3.30. The van der Waals surface area contributed by atoms with Crippen LogP contribution in [-0.2, 0) is 22.4 Å². The molecule has 2 heterocycles. The van der Waals surface area contributed by atoms with E-state index in [1.807, 2.05) is 18.2 Å². The number of H-pyrrole nitrogens is 1. The maximum Gasteiger partial charge on any atom is 0.327 e. The molecule has 0 fully saturated rings. The topological polar surface area (TPSA) is 140 Å². The van der Waals surface area contributed by atoms with E-state index in [9.17, 15) is 24.3 Å². The van der Waals surface area contributed by atoms with Gasteiger partial charge in [0.05, 0.1) is 11.1 Å². The first-order valence-electron chi connectivity index (χ1n) is 10.1. The number of carbonyl (C=O) groups is 4. The summed E-state index contributed by atoms with van der Waals surface area (Å²) in [6.07, 6.45) is 3.04. The van der Waals surface area contributed by atoms with E-state index in [1.54, 1.807) is 23.8 Å². The number of hydroxylamine groups is 1. The summed E-state index contributed by atoms with van der Waals surface area (Å²) in [7, 11) is 0. The van der Waals surface area contributed by atoms with Crippen molar-refractivity contribution < 1.29 is 29.5 Å². The van der Waals surface area contributed by atoms with Crippen molar-refractivity contribution in [2.45, 2.75) is 31.7 Å².